The summed E-state index contributed by atoms with van der Waals surface area (Å²) in [6, 6.07) is 5.98. The first-order valence-corrected chi connectivity index (χ1v) is 5.76. The Morgan fingerprint density at radius 1 is 1.38 bits per heavy atom. The highest BCUT2D eigenvalue weighted by molar-refractivity contribution is 5.47. The maximum absolute atomic E-state index is 6.14. The molecule has 0 saturated heterocycles. The van der Waals surface area contributed by atoms with Crippen LogP contribution in [0.15, 0.2) is 18.2 Å². The largest absolute Gasteiger partial charge is 0.493 e. The number of nitrogens with two attached hydrogens (primary N) is 1. The molecule has 0 amide bonds. The first kappa shape index (κ1) is 11.3. The SMILES string of the molecule is CCOc1c(CC2(N)CC2)cccc1OC. The number of para-hydroxylation sites is 1. The van der Waals surface area contributed by atoms with Crippen LogP contribution in [-0.4, -0.2) is 19.3 Å². The summed E-state index contributed by atoms with van der Waals surface area (Å²) in [6.45, 7) is 2.62. The van der Waals surface area contributed by atoms with Crippen LogP contribution in [0.1, 0.15) is 25.3 Å². The Morgan fingerprint density at radius 2 is 2.12 bits per heavy atom. The van der Waals surface area contributed by atoms with Gasteiger partial charge in [-0.15, -0.1) is 0 Å². The highest BCUT2D eigenvalue weighted by Crippen LogP contribution is 2.40. The van der Waals surface area contributed by atoms with E-state index >= 15 is 0 Å². The van der Waals surface area contributed by atoms with Crippen molar-refractivity contribution >= 4 is 0 Å². The molecule has 0 atom stereocenters. The summed E-state index contributed by atoms with van der Waals surface area (Å²) in [5.74, 6) is 1.65. The Hall–Kier alpha value is -1.22. The van der Waals surface area contributed by atoms with Crippen molar-refractivity contribution in [3.8, 4) is 11.5 Å². The molecule has 0 aliphatic heterocycles. The first-order chi connectivity index (χ1) is 7.68. The van der Waals surface area contributed by atoms with E-state index in [0.29, 0.717) is 6.61 Å². The lowest BCUT2D eigenvalue weighted by Crippen LogP contribution is -2.24. The van der Waals surface area contributed by atoms with E-state index in [1.807, 2.05) is 19.1 Å². The van der Waals surface area contributed by atoms with Gasteiger partial charge in [-0.2, -0.15) is 0 Å². The molecule has 0 unspecified atom stereocenters. The molecule has 0 heterocycles. The molecule has 1 saturated carbocycles. The Bertz CT molecular complexity index is 372. The highest BCUT2D eigenvalue weighted by atomic mass is 16.5. The predicted octanol–water partition coefficient (Wildman–Crippen LogP) is 2.13. The van der Waals surface area contributed by atoms with Crippen LogP contribution >= 0.6 is 0 Å². The van der Waals surface area contributed by atoms with Gasteiger partial charge in [0.1, 0.15) is 0 Å². The third-order valence-electron chi connectivity index (χ3n) is 3.00. The number of hydrogen-bond donors (Lipinski definition) is 1. The van der Waals surface area contributed by atoms with Gasteiger partial charge in [-0.25, -0.2) is 0 Å². The predicted molar refractivity (Wildman–Crippen MR) is 64.0 cm³/mol. The van der Waals surface area contributed by atoms with Gasteiger partial charge in [0.2, 0.25) is 0 Å². The quantitative estimate of drug-likeness (QED) is 0.828. The zero-order valence-electron chi connectivity index (χ0n) is 9.95. The normalized spacial score (nSPS) is 16.9. The van der Waals surface area contributed by atoms with Crippen molar-refractivity contribution in [1.82, 2.24) is 0 Å². The minimum Gasteiger partial charge on any atom is -0.493 e. The van der Waals surface area contributed by atoms with Gasteiger partial charge in [-0.05, 0) is 37.8 Å². The van der Waals surface area contributed by atoms with Gasteiger partial charge in [0, 0.05) is 5.54 Å². The van der Waals surface area contributed by atoms with E-state index in [-0.39, 0.29) is 5.54 Å². The molecule has 16 heavy (non-hydrogen) atoms. The van der Waals surface area contributed by atoms with Crippen molar-refractivity contribution in [2.45, 2.75) is 31.7 Å². The van der Waals surface area contributed by atoms with Crippen molar-refractivity contribution in [1.29, 1.82) is 0 Å². The maximum Gasteiger partial charge on any atom is 0.164 e. The minimum atomic E-state index is -0.00177. The molecule has 2 rings (SSSR count). The summed E-state index contributed by atoms with van der Waals surface area (Å²) in [4.78, 5) is 0. The fraction of sp³-hybridized carbons (Fsp3) is 0.538. The summed E-state index contributed by atoms with van der Waals surface area (Å²) in [6.07, 6.45) is 3.09. The molecule has 1 aromatic carbocycles. The van der Waals surface area contributed by atoms with Gasteiger partial charge in [-0.3, -0.25) is 0 Å². The Morgan fingerprint density at radius 3 is 2.69 bits per heavy atom. The summed E-state index contributed by atoms with van der Waals surface area (Å²) in [5.41, 5.74) is 7.29. The van der Waals surface area contributed by atoms with Gasteiger partial charge in [0.25, 0.3) is 0 Å². The maximum atomic E-state index is 6.14. The fourth-order valence-corrected chi connectivity index (χ4v) is 1.89. The second kappa shape index (κ2) is 4.34. The highest BCUT2D eigenvalue weighted by Gasteiger charge is 2.38. The van der Waals surface area contributed by atoms with Gasteiger partial charge in [0.15, 0.2) is 11.5 Å². The number of hydrogen-bond acceptors (Lipinski definition) is 3. The van der Waals surface area contributed by atoms with Gasteiger partial charge < -0.3 is 15.2 Å². The van der Waals surface area contributed by atoms with Gasteiger partial charge >= 0.3 is 0 Å². The van der Waals surface area contributed by atoms with E-state index in [4.69, 9.17) is 15.2 Å². The van der Waals surface area contributed by atoms with Crippen LogP contribution in [0.25, 0.3) is 0 Å². The molecular formula is C13H19NO2. The number of rotatable bonds is 5. The van der Waals surface area contributed by atoms with Gasteiger partial charge in [0.05, 0.1) is 13.7 Å². The molecule has 0 spiro atoms. The van der Waals surface area contributed by atoms with Crippen LogP contribution in [0.3, 0.4) is 0 Å². The fourth-order valence-electron chi connectivity index (χ4n) is 1.89. The molecule has 3 nitrogen and oxygen atoms in total. The lowest BCUT2D eigenvalue weighted by atomic mass is 10.0. The smallest absolute Gasteiger partial charge is 0.164 e. The third kappa shape index (κ3) is 2.30. The van der Waals surface area contributed by atoms with E-state index in [1.165, 1.54) is 0 Å². The standard InChI is InChI=1S/C13H19NO2/c1-3-16-12-10(9-13(14)7-8-13)5-4-6-11(12)15-2/h4-6H,3,7-9,14H2,1-2H3. The second-order valence-electron chi connectivity index (χ2n) is 4.42. The number of benzene rings is 1. The second-order valence-corrected chi connectivity index (χ2v) is 4.42. The molecule has 2 N–H and O–H groups in total. The number of methoxy groups -OCH3 is 1. The van der Waals surface area contributed by atoms with Crippen LogP contribution in [0.4, 0.5) is 0 Å². The molecule has 1 aliphatic rings. The summed E-state index contributed by atoms with van der Waals surface area (Å²) < 4.78 is 11.0. The summed E-state index contributed by atoms with van der Waals surface area (Å²) >= 11 is 0. The Kier molecular flexibility index (Phi) is 3.06. The van der Waals surface area contributed by atoms with E-state index in [0.717, 1.165) is 36.3 Å². The minimum absolute atomic E-state index is 0.00177. The average Bonchev–Trinajstić information content (AvgIpc) is 2.99. The molecule has 1 aromatic rings. The molecule has 1 fully saturated rings. The monoisotopic (exact) mass is 221 g/mol. The molecule has 0 radical (unpaired) electrons. The van der Waals surface area contributed by atoms with E-state index in [9.17, 15) is 0 Å². The van der Waals surface area contributed by atoms with Crippen molar-refractivity contribution in [2.75, 3.05) is 13.7 Å². The van der Waals surface area contributed by atoms with Crippen LogP contribution in [0, 0.1) is 0 Å². The molecule has 1 aliphatic carbocycles. The zero-order valence-corrected chi connectivity index (χ0v) is 9.95. The van der Waals surface area contributed by atoms with Crippen molar-refractivity contribution in [3.63, 3.8) is 0 Å². The van der Waals surface area contributed by atoms with Crippen molar-refractivity contribution < 1.29 is 9.47 Å². The molecular weight excluding hydrogens is 202 g/mol. The molecule has 0 aromatic heterocycles. The molecule has 0 bridgehead atoms. The van der Waals surface area contributed by atoms with E-state index < -0.39 is 0 Å². The lowest BCUT2D eigenvalue weighted by molar-refractivity contribution is 0.306. The first-order valence-electron chi connectivity index (χ1n) is 5.76. The van der Waals surface area contributed by atoms with Crippen molar-refractivity contribution in [2.24, 2.45) is 5.73 Å². The molecule has 88 valence electrons. The Labute approximate surface area is 96.5 Å². The molecule has 3 heteroatoms. The third-order valence-corrected chi connectivity index (χ3v) is 3.00. The van der Waals surface area contributed by atoms with Crippen LogP contribution in [-0.2, 0) is 6.42 Å². The van der Waals surface area contributed by atoms with Crippen molar-refractivity contribution in [3.05, 3.63) is 23.8 Å². The average molecular weight is 221 g/mol. The van der Waals surface area contributed by atoms with E-state index in [2.05, 4.69) is 6.07 Å². The van der Waals surface area contributed by atoms with Crippen LogP contribution in [0.5, 0.6) is 11.5 Å². The number of ether oxygens (including phenoxy) is 2. The summed E-state index contributed by atoms with van der Waals surface area (Å²) in [5, 5.41) is 0. The van der Waals surface area contributed by atoms with Crippen LogP contribution < -0.4 is 15.2 Å². The van der Waals surface area contributed by atoms with E-state index in [1.54, 1.807) is 7.11 Å². The van der Waals surface area contributed by atoms with Crippen LogP contribution in [0.2, 0.25) is 0 Å². The summed E-state index contributed by atoms with van der Waals surface area (Å²) in [7, 11) is 1.66. The lowest BCUT2D eigenvalue weighted by Gasteiger charge is -2.16. The zero-order chi connectivity index (χ0) is 11.6. The van der Waals surface area contributed by atoms with Gasteiger partial charge in [-0.1, -0.05) is 12.1 Å². The Balaban J connectivity index is 2.27. The topological polar surface area (TPSA) is 44.5 Å².